The molecule has 0 aromatic heterocycles. The van der Waals surface area contributed by atoms with Crippen molar-refractivity contribution in [3.63, 3.8) is 0 Å². The predicted molar refractivity (Wildman–Crippen MR) is 81.1 cm³/mol. The average Bonchev–Trinajstić information content (AvgIpc) is 3.10. The molecule has 1 saturated heterocycles. The first-order valence-corrected chi connectivity index (χ1v) is 7.55. The molecule has 0 radical (unpaired) electrons. The van der Waals surface area contributed by atoms with Gasteiger partial charge in [-0.3, -0.25) is 9.59 Å². The van der Waals surface area contributed by atoms with E-state index in [0.717, 1.165) is 6.42 Å². The molecule has 0 spiro atoms. The zero-order valence-corrected chi connectivity index (χ0v) is 12.4. The van der Waals surface area contributed by atoms with Crippen LogP contribution in [0.1, 0.15) is 6.42 Å². The van der Waals surface area contributed by atoms with E-state index in [-0.39, 0.29) is 51.2 Å². The number of nitrogens with zero attached hydrogens (tertiary/aromatic N) is 1. The third-order valence-corrected chi connectivity index (χ3v) is 5.42. The van der Waals surface area contributed by atoms with Crippen LogP contribution in [0.3, 0.4) is 0 Å². The molecule has 1 aromatic carbocycles. The van der Waals surface area contributed by atoms with Gasteiger partial charge in [0.1, 0.15) is 0 Å². The minimum atomic E-state index is -0.234. The molecule has 3 aliphatic rings. The summed E-state index contributed by atoms with van der Waals surface area (Å²) in [5, 5.41) is 0.493. The first-order chi connectivity index (χ1) is 9.99. The van der Waals surface area contributed by atoms with E-state index in [2.05, 4.69) is 12.2 Å². The standard InChI is InChI=1S/C15H12Cl2N2O2/c16-9-4-8(5-10(17)13(9)18)19-14(20)11-6-1-2-7(3-6)12(11)15(19)21/h1-2,4-7,11-12H,3,18H2/t6-,7+,11-,12+. The molecule has 1 aromatic rings. The average molecular weight is 323 g/mol. The van der Waals surface area contributed by atoms with Gasteiger partial charge in [0.15, 0.2) is 0 Å². The number of rotatable bonds is 1. The van der Waals surface area contributed by atoms with Gasteiger partial charge in [0.25, 0.3) is 0 Å². The van der Waals surface area contributed by atoms with Crippen molar-refractivity contribution in [2.45, 2.75) is 6.42 Å². The van der Waals surface area contributed by atoms with E-state index in [1.807, 2.05) is 0 Å². The summed E-state index contributed by atoms with van der Waals surface area (Å²) in [7, 11) is 0. The number of hydrogen-bond donors (Lipinski definition) is 1. The van der Waals surface area contributed by atoms with E-state index in [1.54, 1.807) is 0 Å². The number of anilines is 2. The lowest BCUT2D eigenvalue weighted by Crippen LogP contribution is -2.32. The third-order valence-electron chi connectivity index (χ3n) is 4.79. The minimum absolute atomic E-state index is 0.154. The fourth-order valence-corrected chi connectivity index (χ4v) is 4.33. The second kappa shape index (κ2) is 4.24. The molecule has 108 valence electrons. The number of nitrogens with two attached hydrogens (primary N) is 1. The highest BCUT2D eigenvalue weighted by atomic mass is 35.5. The van der Waals surface area contributed by atoms with Crippen LogP contribution in [0.5, 0.6) is 0 Å². The summed E-state index contributed by atoms with van der Waals surface area (Å²) in [4.78, 5) is 26.5. The Balaban J connectivity index is 1.78. The number of amides is 2. The second-order valence-electron chi connectivity index (χ2n) is 5.83. The lowest BCUT2D eigenvalue weighted by Gasteiger charge is -2.18. The summed E-state index contributed by atoms with van der Waals surface area (Å²) in [5.41, 5.74) is 6.36. The maximum atomic E-state index is 12.6. The number of fused-ring (bicyclic) bond motifs is 5. The number of carbonyl (C=O) groups is 2. The molecular weight excluding hydrogens is 311 g/mol. The molecule has 2 fully saturated rings. The molecule has 0 unspecified atom stereocenters. The van der Waals surface area contributed by atoms with Gasteiger partial charge in [-0.1, -0.05) is 35.4 Å². The molecule has 1 heterocycles. The lowest BCUT2D eigenvalue weighted by molar-refractivity contribution is -0.123. The quantitative estimate of drug-likeness (QED) is 0.491. The van der Waals surface area contributed by atoms with Crippen molar-refractivity contribution < 1.29 is 9.59 Å². The van der Waals surface area contributed by atoms with Crippen molar-refractivity contribution >= 4 is 46.4 Å². The number of carbonyl (C=O) groups excluding carboxylic acids is 2. The van der Waals surface area contributed by atoms with Gasteiger partial charge in [-0.2, -0.15) is 0 Å². The van der Waals surface area contributed by atoms with E-state index in [1.165, 1.54) is 17.0 Å². The van der Waals surface area contributed by atoms with E-state index < -0.39 is 0 Å². The number of benzene rings is 1. The van der Waals surface area contributed by atoms with Crippen LogP contribution in [0.2, 0.25) is 10.0 Å². The van der Waals surface area contributed by atoms with E-state index >= 15 is 0 Å². The van der Waals surface area contributed by atoms with Gasteiger partial charge >= 0.3 is 0 Å². The molecule has 4 nitrogen and oxygen atoms in total. The van der Waals surface area contributed by atoms with Crippen molar-refractivity contribution in [1.29, 1.82) is 0 Å². The summed E-state index contributed by atoms with van der Waals surface area (Å²) in [6, 6.07) is 3.05. The third kappa shape index (κ3) is 1.63. The Kier molecular flexibility index (Phi) is 2.66. The van der Waals surface area contributed by atoms with Crippen LogP contribution in [-0.4, -0.2) is 11.8 Å². The fraction of sp³-hybridized carbons (Fsp3) is 0.333. The Morgan fingerprint density at radius 2 is 1.48 bits per heavy atom. The van der Waals surface area contributed by atoms with Crippen LogP contribution >= 0.6 is 23.2 Å². The zero-order valence-electron chi connectivity index (χ0n) is 10.9. The van der Waals surface area contributed by atoms with Crippen LogP contribution in [0.15, 0.2) is 24.3 Å². The van der Waals surface area contributed by atoms with Crippen molar-refractivity contribution in [3.05, 3.63) is 34.3 Å². The van der Waals surface area contributed by atoms with Crippen LogP contribution in [0.25, 0.3) is 0 Å². The van der Waals surface area contributed by atoms with Crippen LogP contribution in [-0.2, 0) is 9.59 Å². The Labute approximate surface area is 131 Å². The normalized spacial score (nSPS) is 33.1. The van der Waals surface area contributed by atoms with Crippen LogP contribution in [0, 0.1) is 23.7 Å². The Bertz CT molecular complexity index is 663. The van der Waals surface area contributed by atoms with Gasteiger partial charge < -0.3 is 5.73 Å². The van der Waals surface area contributed by atoms with Crippen LogP contribution < -0.4 is 10.6 Å². The number of imide groups is 1. The van der Waals surface area contributed by atoms with E-state index in [9.17, 15) is 9.59 Å². The Hall–Kier alpha value is -1.52. The summed E-state index contributed by atoms with van der Waals surface area (Å²) in [6.45, 7) is 0. The van der Waals surface area contributed by atoms with Crippen LogP contribution in [0.4, 0.5) is 11.4 Å². The molecule has 1 saturated carbocycles. The molecule has 2 amide bonds. The minimum Gasteiger partial charge on any atom is -0.396 e. The molecule has 6 heteroatoms. The molecule has 21 heavy (non-hydrogen) atoms. The van der Waals surface area contributed by atoms with Gasteiger partial charge in [0, 0.05) is 0 Å². The number of hydrogen-bond acceptors (Lipinski definition) is 3. The summed E-state index contributed by atoms with van der Waals surface area (Å²) in [6.07, 6.45) is 5.02. The van der Waals surface area contributed by atoms with Gasteiger partial charge in [0.05, 0.1) is 33.3 Å². The van der Waals surface area contributed by atoms with E-state index in [0.29, 0.717) is 5.69 Å². The molecule has 4 rings (SSSR count). The van der Waals surface area contributed by atoms with Gasteiger partial charge in [-0.15, -0.1) is 0 Å². The SMILES string of the molecule is Nc1c(Cl)cc(N2C(=O)[C@@H]3[C@H](C2=O)[C@@H]2C=C[C@H]3C2)cc1Cl. The largest absolute Gasteiger partial charge is 0.396 e. The van der Waals surface area contributed by atoms with E-state index in [4.69, 9.17) is 28.9 Å². The molecule has 2 N–H and O–H groups in total. The maximum absolute atomic E-state index is 12.6. The maximum Gasteiger partial charge on any atom is 0.238 e. The van der Waals surface area contributed by atoms with Gasteiger partial charge in [0.2, 0.25) is 11.8 Å². The van der Waals surface area contributed by atoms with Crippen molar-refractivity contribution in [2.24, 2.45) is 23.7 Å². The van der Waals surface area contributed by atoms with Gasteiger partial charge in [-0.05, 0) is 30.4 Å². The number of allylic oxidation sites excluding steroid dienone is 2. The molecule has 2 bridgehead atoms. The molecule has 1 aliphatic heterocycles. The smallest absolute Gasteiger partial charge is 0.238 e. The second-order valence-corrected chi connectivity index (χ2v) is 6.65. The summed E-state index contributed by atoms with van der Waals surface area (Å²) in [5.74, 6) is -0.412. The summed E-state index contributed by atoms with van der Waals surface area (Å²) >= 11 is 12.0. The molecule has 4 atom stereocenters. The highest BCUT2D eigenvalue weighted by Crippen LogP contribution is 2.53. The predicted octanol–water partition coefficient (Wildman–Crippen LogP) is 2.89. The first kappa shape index (κ1) is 13.2. The molecule has 2 aliphatic carbocycles. The fourth-order valence-electron chi connectivity index (χ4n) is 3.86. The Morgan fingerprint density at radius 1 is 1.00 bits per heavy atom. The topological polar surface area (TPSA) is 63.4 Å². The highest BCUT2D eigenvalue weighted by molar-refractivity contribution is 6.39. The molecular formula is C15H12Cl2N2O2. The van der Waals surface area contributed by atoms with Gasteiger partial charge in [-0.25, -0.2) is 4.90 Å². The van der Waals surface area contributed by atoms with Crippen molar-refractivity contribution in [3.8, 4) is 0 Å². The highest BCUT2D eigenvalue weighted by Gasteiger charge is 2.59. The van der Waals surface area contributed by atoms with Crippen molar-refractivity contribution in [1.82, 2.24) is 0 Å². The summed E-state index contributed by atoms with van der Waals surface area (Å²) < 4.78 is 0. The monoisotopic (exact) mass is 322 g/mol. The first-order valence-electron chi connectivity index (χ1n) is 6.79. The number of nitrogen functional groups attached to an aromatic ring is 1. The number of halogens is 2. The Morgan fingerprint density at radius 3 is 1.95 bits per heavy atom. The zero-order chi connectivity index (χ0) is 14.9. The lowest BCUT2D eigenvalue weighted by atomic mass is 9.85. The van der Waals surface area contributed by atoms with Crippen molar-refractivity contribution in [2.75, 3.05) is 10.6 Å².